The Morgan fingerprint density at radius 2 is 0.900 bits per heavy atom. The molecular weight excluding hydrogens is 520 g/mol. The number of fused-ring (bicyclic) bond motifs is 2. The van der Waals surface area contributed by atoms with Crippen molar-refractivity contribution in [3.63, 3.8) is 0 Å². The number of rotatable bonds is 8. The Kier molecular flexibility index (Phi) is 7.24. The number of nitrogens with one attached hydrogen (secondary N) is 2. The summed E-state index contributed by atoms with van der Waals surface area (Å²) in [5.74, 6) is 2.46. The predicted molar refractivity (Wildman–Crippen MR) is 148 cm³/mol. The van der Waals surface area contributed by atoms with E-state index in [1.807, 2.05) is 0 Å². The zero-order valence-corrected chi connectivity index (χ0v) is 23.3. The van der Waals surface area contributed by atoms with Crippen molar-refractivity contribution in [2.24, 2.45) is 0 Å². The van der Waals surface area contributed by atoms with Crippen molar-refractivity contribution in [3.8, 4) is 34.5 Å². The van der Waals surface area contributed by atoms with E-state index < -0.39 is 0 Å². The van der Waals surface area contributed by atoms with Gasteiger partial charge in [-0.25, -0.2) is 0 Å². The summed E-state index contributed by atoms with van der Waals surface area (Å²) in [4.78, 5) is 36.5. The average Bonchev–Trinajstić information content (AvgIpc) is 3.62. The molecule has 0 bridgehead atoms. The fourth-order valence-electron chi connectivity index (χ4n) is 5.17. The highest BCUT2D eigenvalue weighted by Gasteiger charge is 2.29. The molecule has 2 aromatic heterocycles. The summed E-state index contributed by atoms with van der Waals surface area (Å²) in [6.45, 7) is 1.54. The van der Waals surface area contributed by atoms with Crippen LogP contribution >= 0.6 is 0 Å². The maximum Gasteiger partial charge on any atom is 0.270 e. The van der Waals surface area contributed by atoms with Gasteiger partial charge in [0, 0.05) is 37.0 Å². The molecule has 1 aliphatic rings. The lowest BCUT2D eigenvalue weighted by atomic mass is 10.2. The second kappa shape index (κ2) is 10.8. The van der Waals surface area contributed by atoms with Gasteiger partial charge in [0.05, 0.1) is 53.7 Å². The molecule has 4 aromatic rings. The van der Waals surface area contributed by atoms with Gasteiger partial charge in [-0.2, -0.15) is 0 Å². The van der Waals surface area contributed by atoms with Gasteiger partial charge in [0.2, 0.25) is 11.5 Å². The second-order valence-electron chi connectivity index (χ2n) is 9.17. The van der Waals surface area contributed by atoms with Crippen molar-refractivity contribution in [2.75, 3.05) is 68.8 Å². The third-order valence-electron chi connectivity index (χ3n) is 7.15. The van der Waals surface area contributed by atoms with Crippen LogP contribution in [0.1, 0.15) is 21.0 Å². The quantitative estimate of drug-likeness (QED) is 0.341. The third kappa shape index (κ3) is 4.34. The number of amides is 2. The van der Waals surface area contributed by atoms with E-state index in [4.69, 9.17) is 28.4 Å². The van der Waals surface area contributed by atoms with Crippen molar-refractivity contribution in [1.29, 1.82) is 0 Å². The molecule has 2 amide bonds. The molecule has 3 heterocycles. The summed E-state index contributed by atoms with van der Waals surface area (Å²) in [7, 11) is 9.21. The van der Waals surface area contributed by atoms with E-state index in [0.29, 0.717) is 83.1 Å². The van der Waals surface area contributed by atoms with Gasteiger partial charge in [0.1, 0.15) is 11.4 Å². The number of hydrogen-bond acceptors (Lipinski definition) is 8. The van der Waals surface area contributed by atoms with Crippen LogP contribution in [0.25, 0.3) is 21.8 Å². The number of aromatic amines is 2. The Labute approximate surface area is 230 Å². The standard InChI is InChI=1S/C28H32N4O8/c1-35-19-13-15-11-17(29-21(15)25(39-5)23(19)37-3)27(33)31-7-9-32(10-8-31)28(34)18-12-16-14-20(36-2)24(38-4)26(40-6)22(16)30-18/h11-14,29-30H,7-10H2,1-6H3. The molecule has 0 atom stereocenters. The zero-order valence-electron chi connectivity index (χ0n) is 23.3. The van der Waals surface area contributed by atoms with E-state index in [2.05, 4.69) is 9.97 Å². The van der Waals surface area contributed by atoms with Crippen LogP contribution in [0.3, 0.4) is 0 Å². The highest BCUT2D eigenvalue weighted by atomic mass is 16.5. The molecule has 12 heteroatoms. The van der Waals surface area contributed by atoms with Gasteiger partial charge in [-0.1, -0.05) is 0 Å². The van der Waals surface area contributed by atoms with Crippen LogP contribution in [-0.2, 0) is 0 Å². The number of H-pyrrole nitrogens is 2. The second-order valence-corrected chi connectivity index (χ2v) is 9.17. The summed E-state index contributed by atoms with van der Waals surface area (Å²) in [5, 5.41) is 1.52. The molecule has 0 saturated carbocycles. The van der Waals surface area contributed by atoms with Crippen molar-refractivity contribution >= 4 is 33.6 Å². The van der Waals surface area contributed by atoms with Gasteiger partial charge in [-0.05, 0) is 24.3 Å². The lowest BCUT2D eigenvalue weighted by Gasteiger charge is -2.34. The lowest BCUT2D eigenvalue weighted by molar-refractivity contribution is 0.0530. The Morgan fingerprint density at radius 3 is 1.20 bits per heavy atom. The lowest BCUT2D eigenvalue weighted by Crippen LogP contribution is -2.50. The van der Waals surface area contributed by atoms with Gasteiger partial charge in [0.25, 0.3) is 11.8 Å². The van der Waals surface area contributed by atoms with Crippen molar-refractivity contribution in [3.05, 3.63) is 35.7 Å². The Bertz CT molecular complexity index is 1460. The van der Waals surface area contributed by atoms with Crippen LogP contribution in [-0.4, -0.2) is 100 Å². The molecule has 2 aromatic carbocycles. The average molecular weight is 553 g/mol. The molecule has 12 nitrogen and oxygen atoms in total. The third-order valence-corrected chi connectivity index (χ3v) is 7.15. The zero-order chi connectivity index (χ0) is 28.6. The first-order chi connectivity index (χ1) is 19.4. The Balaban J connectivity index is 1.33. The Hall–Kier alpha value is -4.74. The van der Waals surface area contributed by atoms with Gasteiger partial charge in [0.15, 0.2) is 23.0 Å². The molecule has 2 N–H and O–H groups in total. The highest BCUT2D eigenvalue weighted by Crippen LogP contribution is 2.44. The monoisotopic (exact) mass is 552 g/mol. The van der Waals surface area contributed by atoms with Gasteiger partial charge in [-0.15, -0.1) is 0 Å². The molecular formula is C28H32N4O8. The fourth-order valence-corrected chi connectivity index (χ4v) is 5.17. The van der Waals surface area contributed by atoms with Crippen LogP contribution in [0.4, 0.5) is 0 Å². The number of ether oxygens (including phenoxy) is 6. The normalized spacial score (nSPS) is 13.4. The summed E-state index contributed by atoms with van der Waals surface area (Å²) in [6, 6.07) is 7.11. The molecule has 0 aliphatic carbocycles. The number of methoxy groups -OCH3 is 6. The molecule has 1 aliphatic heterocycles. The molecule has 0 radical (unpaired) electrons. The number of piperazine rings is 1. The molecule has 212 valence electrons. The van der Waals surface area contributed by atoms with E-state index >= 15 is 0 Å². The summed E-state index contributed by atoms with van der Waals surface area (Å²) < 4.78 is 32.8. The number of aromatic nitrogens is 2. The predicted octanol–water partition coefficient (Wildman–Crippen LogP) is 3.30. The van der Waals surface area contributed by atoms with Gasteiger partial charge >= 0.3 is 0 Å². The van der Waals surface area contributed by atoms with Crippen molar-refractivity contribution in [1.82, 2.24) is 19.8 Å². The number of carbonyl (C=O) groups excluding carboxylic acids is 2. The van der Waals surface area contributed by atoms with Crippen LogP contribution < -0.4 is 28.4 Å². The van der Waals surface area contributed by atoms with Crippen LogP contribution in [0, 0.1) is 0 Å². The number of benzene rings is 2. The summed E-state index contributed by atoms with van der Waals surface area (Å²) >= 11 is 0. The Morgan fingerprint density at radius 1 is 0.550 bits per heavy atom. The molecule has 0 unspecified atom stereocenters. The van der Waals surface area contributed by atoms with Crippen LogP contribution in [0.2, 0.25) is 0 Å². The molecule has 1 saturated heterocycles. The largest absolute Gasteiger partial charge is 0.493 e. The van der Waals surface area contributed by atoms with Crippen LogP contribution in [0.5, 0.6) is 34.5 Å². The molecule has 1 fully saturated rings. The number of nitrogens with zero attached hydrogens (tertiary/aromatic N) is 2. The maximum atomic E-state index is 13.4. The molecule has 5 rings (SSSR count). The van der Waals surface area contributed by atoms with Gasteiger partial charge in [-0.3, -0.25) is 9.59 Å². The minimum absolute atomic E-state index is 0.169. The number of hydrogen-bond donors (Lipinski definition) is 2. The minimum atomic E-state index is -0.169. The van der Waals surface area contributed by atoms with E-state index in [-0.39, 0.29) is 11.8 Å². The van der Waals surface area contributed by atoms with Gasteiger partial charge < -0.3 is 48.2 Å². The van der Waals surface area contributed by atoms with E-state index in [9.17, 15) is 9.59 Å². The molecule has 40 heavy (non-hydrogen) atoms. The van der Waals surface area contributed by atoms with E-state index in [1.165, 1.54) is 28.4 Å². The summed E-state index contributed by atoms with van der Waals surface area (Å²) in [5.41, 5.74) is 2.10. The van der Waals surface area contributed by atoms with Crippen molar-refractivity contribution < 1.29 is 38.0 Å². The first-order valence-corrected chi connectivity index (χ1v) is 12.6. The molecule has 0 spiro atoms. The minimum Gasteiger partial charge on any atom is -0.493 e. The SMILES string of the molecule is COc1cc2cc(C(=O)N3CCN(C(=O)c4cc5cc(OC)c(OC)c(OC)c5[nH]4)CC3)[nH]c2c(OC)c1OC. The van der Waals surface area contributed by atoms with Crippen LogP contribution in [0.15, 0.2) is 24.3 Å². The van der Waals surface area contributed by atoms with E-state index in [0.717, 1.165) is 10.8 Å². The summed E-state index contributed by atoms with van der Waals surface area (Å²) in [6.07, 6.45) is 0. The van der Waals surface area contributed by atoms with Crippen molar-refractivity contribution in [2.45, 2.75) is 0 Å². The topological polar surface area (TPSA) is 128 Å². The number of carbonyl (C=O) groups is 2. The fraction of sp³-hybridized carbons (Fsp3) is 0.357. The smallest absolute Gasteiger partial charge is 0.270 e. The highest BCUT2D eigenvalue weighted by molar-refractivity contribution is 6.02. The maximum absolute atomic E-state index is 13.4. The first-order valence-electron chi connectivity index (χ1n) is 12.6. The first kappa shape index (κ1) is 26.9. The van der Waals surface area contributed by atoms with E-state index in [1.54, 1.807) is 48.3 Å².